The van der Waals surface area contributed by atoms with Gasteiger partial charge in [0.1, 0.15) is 6.04 Å². The van der Waals surface area contributed by atoms with Gasteiger partial charge in [0.05, 0.1) is 11.3 Å². The van der Waals surface area contributed by atoms with Crippen molar-refractivity contribution in [2.75, 3.05) is 36.0 Å². The summed E-state index contributed by atoms with van der Waals surface area (Å²) in [5.41, 5.74) is 2.68. The third-order valence-electron chi connectivity index (χ3n) is 7.06. The van der Waals surface area contributed by atoms with Crippen molar-refractivity contribution in [3.8, 4) is 0 Å². The Labute approximate surface area is 175 Å². The van der Waals surface area contributed by atoms with Crippen LogP contribution in [0.2, 0.25) is 0 Å². The van der Waals surface area contributed by atoms with E-state index in [2.05, 4.69) is 16.3 Å². The van der Waals surface area contributed by atoms with E-state index >= 15 is 0 Å². The van der Waals surface area contributed by atoms with Crippen molar-refractivity contribution >= 4 is 47.8 Å². The predicted octanol–water partition coefficient (Wildman–Crippen LogP) is 1.20. The van der Waals surface area contributed by atoms with E-state index in [1.54, 1.807) is 4.90 Å². The van der Waals surface area contributed by atoms with E-state index in [-0.39, 0.29) is 23.7 Å². The second-order valence-electron chi connectivity index (χ2n) is 9.09. The van der Waals surface area contributed by atoms with Gasteiger partial charge in [-0.25, -0.2) is 0 Å². The summed E-state index contributed by atoms with van der Waals surface area (Å²) in [5.74, 6) is -0.848. The lowest BCUT2D eigenvalue weighted by atomic mass is 9.78. The quantitative estimate of drug-likeness (QED) is 0.606. The minimum absolute atomic E-state index is 0.165. The molecule has 7 nitrogen and oxygen atoms in total. The number of hydrogen-bond acceptors (Lipinski definition) is 5. The predicted molar refractivity (Wildman–Crippen MR) is 114 cm³/mol. The van der Waals surface area contributed by atoms with Crippen LogP contribution in [0.15, 0.2) is 30.3 Å². The Morgan fingerprint density at radius 3 is 2.67 bits per heavy atom. The molecule has 150 valence electrons. The molecule has 1 unspecified atom stereocenters. The molecule has 1 spiro atoms. The first-order chi connectivity index (χ1) is 14.4. The molecule has 1 atom stereocenters. The number of nitrogens with one attached hydrogen (secondary N) is 1. The molecule has 3 amide bonds. The SMILES string of the molecule is [B]N1CCC2(C1)CN(c1cc3c4c(cccc4c1)N(C1CCC(=O)NC1=O)C3=O)C2. The standard InChI is InChI=1S/C22H21BN4O3/c23-26-7-6-22(12-26)10-25(11-22)14-8-13-2-1-3-16-19(13)15(9-14)21(30)27(16)17-4-5-18(28)24-20(17)29/h1-3,8-9,17H,4-7,10-12H2,(H,24,28,29). The van der Waals surface area contributed by atoms with Crippen LogP contribution in [-0.2, 0) is 9.59 Å². The summed E-state index contributed by atoms with van der Waals surface area (Å²) >= 11 is 0. The van der Waals surface area contributed by atoms with E-state index < -0.39 is 11.9 Å². The van der Waals surface area contributed by atoms with Crippen molar-refractivity contribution in [3.05, 3.63) is 35.9 Å². The highest BCUT2D eigenvalue weighted by atomic mass is 16.2. The maximum Gasteiger partial charge on any atom is 0.259 e. The van der Waals surface area contributed by atoms with E-state index in [1.165, 1.54) is 0 Å². The molecule has 2 radical (unpaired) electrons. The Bertz CT molecular complexity index is 1130. The molecule has 0 bridgehead atoms. The number of carbonyl (C=O) groups is 3. The van der Waals surface area contributed by atoms with Gasteiger partial charge in [-0.15, -0.1) is 0 Å². The molecule has 30 heavy (non-hydrogen) atoms. The van der Waals surface area contributed by atoms with Crippen LogP contribution < -0.4 is 15.1 Å². The second kappa shape index (κ2) is 6.07. The van der Waals surface area contributed by atoms with Crippen molar-refractivity contribution in [2.45, 2.75) is 25.3 Å². The third-order valence-corrected chi connectivity index (χ3v) is 7.06. The normalized spacial score (nSPS) is 25.3. The van der Waals surface area contributed by atoms with Crippen molar-refractivity contribution in [3.63, 3.8) is 0 Å². The Morgan fingerprint density at radius 1 is 1.10 bits per heavy atom. The van der Waals surface area contributed by atoms with Crippen LogP contribution in [-0.4, -0.2) is 62.7 Å². The summed E-state index contributed by atoms with van der Waals surface area (Å²) in [5, 5.41) is 4.26. The first kappa shape index (κ1) is 17.9. The summed E-state index contributed by atoms with van der Waals surface area (Å²) in [6, 6.07) is 9.25. The fourth-order valence-corrected chi connectivity index (χ4v) is 5.60. The van der Waals surface area contributed by atoms with Gasteiger partial charge >= 0.3 is 0 Å². The molecule has 3 saturated heterocycles. The maximum atomic E-state index is 13.4. The fourth-order valence-electron chi connectivity index (χ4n) is 5.60. The highest BCUT2D eigenvalue weighted by molar-refractivity contribution is 6.27. The lowest BCUT2D eigenvalue weighted by Gasteiger charge is -2.49. The largest absolute Gasteiger partial charge is 0.370 e. The van der Waals surface area contributed by atoms with E-state index in [1.807, 2.05) is 29.1 Å². The van der Waals surface area contributed by atoms with Crippen molar-refractivity contribution < 1.29 is 14.4 Å². The molecule has 2 aromatic rings. The minimum atomic E-state index is -0.655. The lowest BCUT2D eigenvalue weighted by molar-refractivity contribution is -0.134. The number of benzene rings is 2. The Morgan fingerprint density at radius 2 is 1.93 bits per heavy atom. The first-order valence-corrected chi connectivity index (χ1v) is 10.4. The van der Waals surface area contributed by atoms with Gasteiger partial charge in [0.25, 0.3) is 5.91 Å². The smallest absolute Gasteiger partial charge is 0.259 e. The molecule has 4 aliphatic rings. The lowest BCUT2D eigenvalue weighted by Crippen LogP contribution is -2.57. The molecule has 1 N–H and O–H groups in total. The number of imide groups is 1. The van der Waals surface area contributed by atoms with E-state index in [0.717, 1.165) is 54.7 Å². The molecular weight excluding hydrogens is 379 g/mol. The molecule has 3 fully saturated rings. The summed E-state index contributed by atoms with van der Waals surface area (Å²) < 4.78 is 0. The van der Waals surface area contributed by atoms with Gasteiger partial charge in [-0.2, -0.15) is 0 Å². The fraction of sp³-hybridized carbons (Fsp3) is 0.409. The van der Waals surface area contributed by atoms with Crippen LogP contribution in [0.4, 0.5) is 11.4 Å². The summed E-state index contributed by atoms with van der Waals surface area (Å²) in [7, 11) is 5.97. The number of carbonyl (C=O) groups excluding carboxylic acids is 3. The zero-order chi connectivity index (χ0) is 20.6. The van der Waals surface area contributed by atoms with Crippen LogP contribution in [0.3, 0.4) is 0 Å². The van der Waals surface area contributed by atoms with Crippen LogP contribution in [0.1, 0.15) is 29.6 Å². The van der Waals surface area contributed by atoms with Gasteiger partial charge < -0.3 is 9.71 Å². The third kappa shape index (κ3) is 2.46. The van der Waals surface area contributed by atoms with Gasteiger partial charge in [-0.3, -0.25) is 24.6 Å². The van der Waals surface area contributed by atoms with Crippen molar-refractivity contribution in [2.24, 2.45) is 5.41 Å². The highest BCUT2D eigenvalue weighted by Crippen LogP contribution is 2.45. The molecule has 0 saturated carbocycles. The molecule has 0 aromatic heterocycles. The van der Waals surface area contributed by atoms with E-state index in [4.69, 9.17) is 7.98 Å². The zero-order valence-electron chi connectivity index (χ0n) is 16.6. The monoisotopic (exact) mass is 400 g/mol. The molecule has 8 heteroatoms. The van der Waals surface area contributed by atoms with Crippen LogP contribution in [0.5, 0.6) is 0 Å². The van der Waals surface area contributed by atoms with Crippen LogP contribution >= 0.6 is 0 Å². The number of nitrogens with zero attached hydrogens (tertiary/aromatic N) is 3. The Kier molecular flexibility index (Phi) is 3.63. The maximum absolute atomic E-state index is 13.4. The Hall–Kier alpha value is -2.87. The minimum Gasteiger partial charge on any atom is -0.370 e. The molecule has 4 aliphatic heterocycles. The summed E-state index contributed by atoms with van der Waals surface area (Å²) in [6.07, 6.45) is 1.69. The molecule has 2 aromatic carbocycles. The molecule has 4 heterocycles. The number of piperidine rings is 1. The number of anilines is 2. The zero-order valence-corrected chi connectivity index (χ0v) is 16.6. The number of rotatable bonds is 2. The highest BCUT2D eigenvalue weighted by Gasteiger charge is 2.47. The topological polar surface area (TPSA) is 73.0 Å². The number of hydrogen-bond donors (Lipinski definition) is 1. The van der Waals surface area contributed by atoms with Crippen molar-refractivity contribution in [1.29, 1.82) is 0 Å². The van der Waals surface area contributed by atoms with Gasteiger partial charge in [0, 0.05) is 36.0 Å². The van der Waals surface area contributed by atoms with Crippen LogP contribution in [0.25, 0.3) is 10.8 Å². The van der Waals surface area contributed by atoms with Gasteiger partial charge in [-0.05, 0) is 49.5 Å². The average Bonchev–Trinajstić information content (AvgIpc) is 3.21. The molecule has 6 rings (SSSR count). The van der Waals surface area contributed by atoms with E-state index in [9.17, 15) is 14.4 Å². The second-order valence-corrected chi connectivity index (χ2v) is 9.09. The number of amides is 3. The Balaban J connectivity index is 1.35. The molecule has 0 aliphatic carbocycles. The van der Waals surface area contributed by atoms with Gasteiger partial charge in [-0.1, -0.05) is 12.1 Å². The van der Waals surface area contributed by atoms with E-state index in [0.29, 0.717) is 12.0 Å². The summed E-state index contributed by atoms with van der Waals surface area (Å²) in [6.45, 7) is 3.72. The van der Waals surface area contributed by atoms with Gasteiger partial charge in [0.2, 0.25) is 11.8 Å². The van der Waals surface area contributed by atoms with Gasteiger partial charge in [0.15, 0.2) is 7.98 Å². The van der Waals surface area contributed by atoms with Crippen LogP contribution in [0, 0.1) is 5.41 Å². The molecular formula is C22H21BN4O3. The average molecular weight is 400 g/mol. The van der Waals surface area contributed by atoms with Crippen molar-refractivity contribution in [1.82, 2.24) is 10.1 Å². The first-order valence-electron chi connectivity index (χ1n) is 10.4. The summed E-state index contributed by atoms with van der Waals surface area (Å²) in [4.78, 5) is 43.2.